The van der Waals surface area contributed by atoms with Gasteiger partial charge in [-0.05, 0) is 49.6 Å². The molecule has 0 radical (unpaired) electrons. The van der Waals surface area contributed by atoms with Crippen molar-refractivity contribution in [3.63, 3.8) is 0 Å². The Labute approximate surface area is 203 Å². The summed E-state index contributed by atoms with van der Waals surface area (Å²) in [6, 6.07) is 14.1. The lowest BCUT2D eigenvalue weighted by Gasteiger charge is -2.24. The summed E-state index contributed by atoms with van der Waals surface area (Å²) in [6.07, 6.45) is 0.503. The molecule has 1 aromatic heterocycles. The van der Waals surface area contributed by atoms with Gasteiger partial charge in [-0.15, -0.1) is 0 Å². The lowest BCUT2D eigenvalue weighted by atomic mass is 9.88. The Hall–Kier alpha value is -3.46. The second-order valence-electron chi connectivity index (χ2n) is 9.61. The van der Waals surface area contributed by atoms with Crippen molar-refractivity contribution in [2.24, 2.45) is 0 Å². The first-order chi connectivity index (χ1) is 16.5. The highest BCUT2D eigenvalue weighted by molar-refractivity contribution is 7.91. The Morgan fingerprint density at radius 2 is 1.83 bits per heavy atom. The zero-order valence-electron chi connectivity index (χ0n) is 19.9. The number of ketones is 1. The van der Waals surface area contributed by atoms with Gasteiger partial charge in [0.1, 0.15) is 5.54 Å². The van der Waals surface area contributed by atoms with Crippen molar-refractivity contribution < 1.29 is 22.8 Å². The van der Waals surface area contributed by atoms with Crippen LogP contribution < -0.4 is 5.32 Å². The van der Waals surface area contributed by atoms with Crippen molar-refractivity contribution >= 4 is 38.3 Å². The average molecular weight is 494 g/mol. The number of rotatable bonds is 5. The van der Waals surface area contributed by atoms with Gasteiger partial charge in [0.15, 0.2) is 15.6 Å². The molecule has 8 nitrogen and oxygen atoms in total. The molecule has 3 heterocycles. The number of carbonyl (C=O) groups excluding carboxylic acids is 3. The zero-order valence-corrected chi connectivity index (χ0v) is 20.7. The first-order valence-electron chi connectivity index (χ1n) is 11.6. The predicted molar refractivity (Wildman–Crippen MR) is 132 cm³/mol. The molecule has 2 aliphatic heterocycles. The molecule has 2 unspecified atom stereocenters. The third-order valence-corrected chi connectivity index (χ3v) is 9.01. The van der Waals surface area contributed by atoms with Crippen molar-refractivity contribution in [3.8, 4) is 0 Å². The van der Waals surface area contributed by atoms with Gasteiger partial charge in [-0.3, -0.25) is 14.5 Å². The summed E-state index contributed by atoms with van der Waals surface area (Å²) in [5, 5.41) is 4.60. The summed E-state index contributed by atoms with van der Waals surface area (Å²) in [4.78, 5) is 40.6. The molecule has 5 rings (SSSR count). The molecule has 0 bridgehead atoms. The van der Waals surface area contributed by atoms with E-state index in [0.29, 0.717) is 23.2 Å². The number of amides is 3. The normalized spacial score (nSPS) is 23.7. The second-order valence-corrected chi connectivity index (χ2v) is 11.8. The molecule has 2 fully saturated rings. The van der Waals surface area contributed by atoms with Crippen LogP contribution >= 0.6 is 0 Å². The van der Waals surface area contributed by atoms with Crippen LogP contribution in [0.1, 0.15) is 46.7 Å². The Balaban J connectivity index is 1.43. The van der Waals surface area contributed by atoms with E-state index in [9.17, 15) is 22.8 Å². The van der Waals surface area contributed by atoms with Gasteiger partial charge in [0.05, 0.1) is 18.1 Å². The van der Waals surface area contributed by atoms with Crippen LogP contribution in [0.2, 0.25) is 0 Å². The number of aromatic nitrogens is 1. The van der Waals surface area contributed by atoms with Gasteiger partial charge < -0.3 is 9.88 Å². The molecule has 2 saturated heterocycles. The largest absolute Gasteiger partial charge is 0.344 e. The first-order valence-corrected chi connectivity index (χ1v) is 13.4. The predicted octanol–water partition coefficient (Wildman–Crippen LogP) is 3.27. The Bertz CT molecular complexity index is 1500. The van der Waals surface area contributed by atoms with Crippen LogP contribution in [0.15, 0.2) is 48.5 Å². The molecule has 3 aromatic rings. The van der Waals surface area contributed by atoms with Gasteiger partial charge in [-0.25, -0.2) is 13.2 Å². The summed E-state index contributed by atoms with van der Waals surface area (Å²) in [5.41, 5.74) is 1.20. The number of nitrogens with one attached hydrogen (secondary N) is 1. The number of hydrogen-bond acceptors (Lipinski definition) is 5. The van der Waals surface area contributed by atoms with Crippen LogP contribution in [0.4, 0.5) is 4.79 Å². The fraction of sp³-hybridized carbons (Fsp3) is 0.346. The lowest BCUT2D eigenvalue weighted by molar-refractivity contribution is -0.130. The van der Waals surface area contributed by atoms with Gasteiger partial charge in [0.25, 0.3) is 5.91 Å². The molecule has 0 aliphatic carbocycles. The van der Waals surface area contributed by atoms with E-state index in [-0.39, 0.29) is 23.3 Å². The topological polar surface area (TPSA) is 106 Å². The first kappa shape index (κ1) is 23.3. The Kier molecular flexibility index (Phi) is 5.36. The molecule has 182 valence electrons. The monoisotopic (exact) mass is 493 g/mol. The lowest BCUT2D eigenvalue weighted by Crippen LogP contribution is -2.41. The highest BCUT2D eigenvalue weighted by atomic mass is 32.2. The number of fused-ring (bicyclic) bond motifs is 1. The van der Waals surface area contributed by atoms with E-state index < -0.39 is 33.9 Å². The summed E-state index contributed by atoms with van der Waals surface area (Å²) < 4.78 is 25.8. The van der Waals surface area contributed by atoms with E-state index in [1.54, 1.807) is 19.9 Å². The number of benzene rings is 2. The van der Waals surface area contributed by atoms with E-state index in [1.807, 2.05) is 54.0 Å². The maximum Gasteiger partial charge on any atom is 0.325 e. The van der Waals surface area contributed by atoms with Crippen LogP contribution in [0, 0.1) is 13.8 Å². The molecule has 2 aliphatic rings. The molecule has 3 amide bonds. The highest BCUT2D eigenvalue weighted by Gasteiger charge is 2.50. The Morgan fingerprint density at radius 1 is 1.11 bits per heavy atom. The molecular formula is C26H27N3O5S. The molecule has 2 aromatic carbocycles. The summed E-state index contributed by atoms with van der Waals surface area (Å²) in [5.74, 6) is -0.667. The molecule has 2 atom stereocenters. The Morgan fingerprint density at radius 3 is 2.54 bits per heavy atom. The van der Waals surface area contributed by atoms with E-state index in [1.165, 1.54) is 0 Å². The molecule has 35 heavy (non-hydrogen) atoms. The number of nitrogens with zero attached hydrogens (tertiary/aromatic N) is 2. The van der Waals surface area contributed by atoms with Gasteiger partial charge in [-0.1, -0.05) is 42.5 Å². The minimum atomic E-state index is -3.09. The fourth-order valence-corrected chi connectivity index (χ4v) is 7.21. The smallest absolute Gasteiger partial charge is 0.325 e. The van der Waals surface area contributed by atoms with E-state index in [0.717, 1.165) is 21.4 Å². The van der Waals surface area contributed by atoms with Crippen molar-refractivity contribution in [3.05, 3.63) is 71.0 Å². The van der Waals surface area contributed by atoms with Crippen LogP contribution in [-0.2, 0) is 20.2 Å². The highest BCUT2D eigenvalue weighted by Crippen LogP contribution is 2.34. The van der Waals surface area contributed by atoms with Crippen LogP contribution in [0.3, 0.4) is 0 Å². The number of carbonyl (C=O) groups is 3. The molecular weight excluding hydrogens is 466 g/mol. The molecule has 0 saturated carbocycles. The number of urea groups is 1. The molecule has 0 spiro atoms. The van der Waals surface area contributed by atoms with Crippen molar-refractivity contribution in [2.45, 2.75) is 38.8 Å². The van der Waals surface area contributed by atoms with Gasteiger partial charge >= 0.3 is 6.03 Å². The molecule has 1 N–H and O–H groups in total. The maximum absolute atomic E-state index is 13.5. The number of aryl methyl sites for hydroxylation is 1. The fourth-order valence-electron chi connectivity index (χ4n) is 5.51. The minimum absolute atomic E-state index is 0.0490. The third kappa shape index (κ3) is 3.74. The number of Topliss-reactive ketones (excluding diaryl/α,β-unsaturated/α-hetero) is 1. The van der Waals surface area contributed by atoms with Gasteiger partial charge in [0.2, 0.25) is 0 Å². The second kappa shape index (κ2) is 8.05. The van der Waals surface area contributed by atoms with Crippen molar-refractivity contribution in [1.82, 2.24) is 14.8 Å². The van der Waals surface area contributed by atoms with Crippen molar-refractivity contribution in [1.29, 1.82) is 0 Å². The van der Waals surface area contributed by atoms with Gasteiger partial charge in [0, 0.05) is 23.0 Å². The average Bonchev–Trinajstić information content (AvgIpc) is 3.39. The number of hydrogen-bond donors (Lipinski definition) is 1. The van der Waals surface area contributed by atoms with Gasteiger partial charge in [-0.2, -0.15) is 0 Å². The summed E-state index contributed by atoms with van der Waals surface area (Å²) >= 11 is 0. The standard InChI is InChI=1S/C26H27N3O5S/c1-16-13-21(17(2)29(16)19-11-12-35(33,34)15-19)23(30)14-28-24(31)26(3,27-25(28)32)22-10-6-8-18-7-4-5-9-20(18)22/h4-10,13,19H,11-12,14-15H2,1-3H3,(H,27,32). The zero-order chi connectivity index (χ0) is 25.1. The number of sulfone groups is 1. The van der Waals surface area contributed by atoms with Crippen LogP contribution in [0.25, 0.3) is 10.8 Å². The van der Waals surface area contributed by atoms with Crippen LogP contribution in [0.5, 0.6) is 0 Å². The quantitative estimate of drug-likeness (QED) is 0.434. The van der Waals surface area contributed by atoms with Crippen molar-refractivity contribution in [2.75, 3.05) is 18.1 Å². The molecule has 9 heteroatoms. The number of imide groups is 1. The summed E-state index contributed by atoms with van der Waals surface area (Å²) in [6.45, 7) is 4.88. The third-order valence-electron chi connectivity index (χ3n) is 7.26. The van der Waals surface area contributed by atoms with E-state index >= 15 is 0 Å². The minimum Gasteiger partial charge on any atom is -0.344 e. The van der Waals surface area contributed by atoms with E-state index in [4.69, 9.17) is 0 Å². The van der Waals surface area contributed by atoms with Crippen LogP contribution in [-0.4, -0.2) is 53.7 Å². The maximum atomic E-state index is 13.5. The van der Waals surface area contributed by atoms with E-state index in [2.05, 4.69) is 5.32 Å². The SMILES string of the molecule is Cc1cc(C(=O)CN2C(=O)NC(C)(c3cccc4ccccc34)C2=O)c(C)n1C1CCS(=O)(=O)C1. The summed E-state index contributed by atoms with van der Waals surface area (Å²) in [7, 11) is -3.09.